The van der Waals surface area contributed by atoms with E-state index in [-0.39, 0.29) is 11.7 Å². The first-order valence-corrected chi connectivity index (χ1v) is 4.87. The number of Topliss-reactive ketones (excluding diaryl/α,β-unsaturated/α-hetero) is 1. The quantitative estimate of drug-likeness (QED) is 0.645. The van der Waals surface area contributed by atoms with Crippen molar-refractivity contribution in [3.63, 3.8) is 0 Å². The zero-order valence-corrected chi connectivity index (χ0v) is 8.62. The van der Waals surface area contributed by atoms with Gasteiger partial charge in [-0.05, 0) is 23.6 Å². The van der Waals surface area contributed by atoms with Crippen molar-refractivity contribution in [1.29, 1.82) is 0 Å². The third-order valence-electron chi connectivity index (χ3n) is 2.42. The summed E-state index contributed by atoms with van der Waals surface area (Å²) in [6, 6.07) is 3.47. The highest BCUT2D eigenvalue weighted by atomic mass is 35.5. The minimum atomic E-state index is 0.168. The molecule has 0 radical (unpaired) electrons. The first-order valence-electron chi connectivity index (χ1n) is 4.11. The Morgan fingerprint density at radius 3 is 2.62 bits per heavy atom. The minimum absolute atomic E-state index is 0.168. The maximum absolute atomic E-state index is 11.4. The predicted octanol–water partition coefficient (Wildman–Crippen LogP) is 3.68. The molecule has 13 heavy (non-hydrogen) atoms. The van der Waals surface area contributed by atoms with E-state index in [1.807, 2.05) is 6.92 Å². The van der Waals surface area contributed by atoms with E-state index in [4.69, 9.17) is 23.2 Å². The normalized spacial score (nSPS) is 20.5. The van der Waals surface area contributed by atoms with Gasteiger partial charge in [0.15, 0.2) is 5.78 Å². The minimum Gasteiger partial charge on any atom is -0.294 e. The molecule has 1 atom stereocenters. The second-order valence-electron chi connectivity index (χ2n) is 3.38. The Balaban J connectivity index is 2.65. The van der Waals surface area contributed by atoms with Gasteiger partial charge < -0.3 is 0 Å². The predicted molar refractivity (Wildman–Crippen MR) is 53.8 cm³/mol. The van der Waals surface area contributed by atoms with Gasteiger partial charge in [0, 0.05) is 12.0 Å². The summed E-state index contributed by atoms with van der Waals surface area (Å²) < 4.78 is 0. The Bertz CT molecular complexity index is 385. The number of hydrogen-bond donors (Lipinski definition) is 0. The van der Waals surface area contributed by atoms with Gasteiger partial charge in [0.25, 0.3) is 0 Å². The van der Waals surface area contributed by atoms with Crippen LogP contribution in [0.3, 0.4) is 0 Å². The van der Waals surface area contributed by atoms with E-state index in [2.05, 4.69) is 0 Å². The van der Waals surface area contributed by atoms with E-state index in [0.717, 1.165) is 11.1 Å². The maximum atomic E-state index is 11.4. The van der Waals surface area contributed by atoms with Gasteiger partial charge in [-0.3, -0.25) is 4.79 Å². The second-order valence-corrected chi connectivity index (χ2v) is 4.20. The summed E-state index contributed by atoms with van der Waals surface area (Å²) in [4.78, 5) is 11.4. The van der Waals surface area contributed by atoms with Crippen molar-refractivity contribution < 1.29 is 4.79 Å². The van der Waals surface area contributed by atoms with Crippen LogP contribution in [0.2, 0.25) is 10.0 Å². The molecule has 0 bridgehead atoms. The molecule has 1 aliphatic carbocycles. The van der Waals surface area contributed by atoms with Gasteiger partial charge in [0.05, 0.1) is 10.0 Å². The van der Waals surface area contributed by atoms with Crippen molar-refractivity contribution in [2.45, 2.75) is 19.3 Å². The Hall–Kier alpha value is -0.530. The van der Waals surface area contributed by atoms with Crippen LogP contribution in [0.1, 0.15) is 35.2 Å². The Morgan fingerprint density at radius 1 is 1.31 bits per heavy atom. The maximum Gasteiger partial charge on any atom is 0.163 e. The van der Waals surface area contributed by atoms with Gasteiger partial charge in [-0.25, -0.2) is 0 Å². The number of hydrogen-bond acceptors (Lipinski definition) is 1. The van der Waals surface area contributed by atoms with Crippen LogP contribution < -0.4 is 0 Å². The number of ketones is 1. The lowest BCUT2D eigenvalue weighted by atomic mass is 10.0. The van der Waals surface area contributed by atoms with Gasteiger partial charge in [-0.1, -0.05) is 30.1 Å². The SMILES string of the molecule is CC1CC(=O)c2cc(Cl)c(Cl)cc21. The summed E-state index contributed by atoms with van der Waals surface area (Å²) in [5.74, 6) is 0.443. The molecule has 0 amide bonds. The summed E-state index contributed by atoms with van der Waals surface area (Å²) in [6.07, 6.45) is 0.575. The van der Waals surface area contributed by atoms with E-state index >= 15 is 0 Å². The lowest BCUT2D eigenvalue weighted by Gasteiger charge is -2.04. The molecular weight excluding hydrogens is 207 g/mol. The molecular formula is C10H8Cl2O. The number of halogens is 2. The van der Waals surface area contributed by atoms with Crippen LogP contribution in [0, 0.1) is 0 Å². The topological polar surface area (TPSA) is 17.1 Å². The number of carbonyl (C=O) groups is 1. The monoisotopic (exact) mass is 214 g/mol. The van der Waals surface area contributed by atoms with Gasteiger partial charge >= 0.3 is 0 Å². The van der Waals surface area contributed by atoms with Crippen molar-refractivity contribution in [2.75, 3.05) is 0 Å². The molecule has 0 aliphatic heterocycles. The first-order chi connectivity index (χ1) is 6.09. The van der Waals surface area contributed by atoms with Crippen molar-refractivity contribution in [3.8, 4) is 0 Å². The fourth-order valence-corrected chi connectivity index (χ4v) is 2.05. The highest BCUT2D eigenvalue weighted by Crippen LogP contribution is 2.37. The van der Waals surface area contributed by atoms with Crippen LogP contribution in [0.25, 0.3) is 0 Å². The van der Waals surface area contributed by atoms with Crippen molar-refractivity contribution in [1.82, 2.24) is 0 Å². The largest absolute Gasteiger partial charge is 0.294 e. The summed E-state index contributed by atoms with van der Waals surface area (Å²) in [5, 5.41) is 0.991. The van der Waals surface area contributed by atoms with Crippen molar-refractivity contribution in [2.24, 2.45) is 0 Å². The molecule has 68 valence electrons. The number of fused-ring (bicyclic) bond motifs is 1. The van der Waals surface area contributed by atoms with Gasteiger partial charge in [0.2, 0.25) is 0 Å². The third-order valence-corrected chi connectivity index (χ3v) is 3.14. The Labute approximate surface area is 86.7 Å². The molecule has 0 fully saturated rings. The number of rotatable bonds is 0. The number of benzene rings is 1. The van der Waals surface area contributed by atoms with Crippen LogP contribution in [0.4, 0.5) is 0 Å². The lowest BCUT2D eigenvalue weighted by molar-refractivity contribution is 0.0990. The molecule has 2 rings (SSSR count). The molecule has 0 N–H and O–H groups in total. The molecule has 1 nitrogen and oxygen atoms in total. The van der Waals surface area contributed by atoms with Crippen LogP contribution in [0.15, 0.2) is 12.1 Å². The molecule has 3 heteroatoms. The highest BCUT2D eigenvalue weighted by Gasteiger charge is 2.26. The average Bonchev–Trinajstić information content (AvgIpc) is 2.31. The van der Waals surface area contributed by atoms with Crippen molar-refractivity contribution in [3.05, 3.63) is 33.3 Å². The first kappa shape index (κ1) is 9.04. The average molecular weight is 215 g/mol. The molecule has 1 aliphatic rings. The fourth-order valence-electron chi connectivity index (χ4n) is 1.71. The van der Waals surface area contributed by atoms with Crippen LogP contribution in [0.5, 0.6) is 0 Å². The molecule has 0 saturated heterocycles. The third kappa shape index (κ3) is 1.36. The van der Waals surface area contributed by atoms with Crippen LogP contribution in [-0.4, -0.2) is 5.78 Å². The van der Waals surface area contributed by atoms with E-state index in [1.165, 1.54) is 0 Å². The zero-order valence-electron chi connectivity index (χ0n) is 7.10. The van der Waals surface area contributed by atoms with Gasteiger partial charge in [-0.15, -0.1) is 0 Å². The van der Waals surface area contributed by atoms with Crippen LogP contribution >= 0.6 is 23.2 Å². The summed E-state index contributed by atoms with van der Waals surface area (Å²) >= 11 is 11.7. The van der Waals surface area contributed by atoms with Crippen LogP contribution in [-0.2, 0) is 0 Å². The van der Waals surface area contributed by atoms with Gasteiger partial charge in [-0.2, -0.15) is 0 Å². The summed E-state index contributed by atoms with van der Waals surface area (Å²) in [5.41, 5.74) is 1.77. The molecule has 1 aromatic rings. The van der Waals surface area contributed by atoms with E-state index in [9.17, 15) is 4.79 Å². The van der Waals surface area contributed by atoms with Crippen molar-refractivity contribution >= 4 is 29.0 Å². The molecule has 1 unspecified atom stereocenters. The molecule has 0 heterocycles. The standard InChI is InChI=1S/C10H8Cl2O/c1-5-2-10(13)7-4-9(12)8(11)3-6(5)7/h3-5H,2H2,1H3. The smallest absolute Gasteiger partial charge is 0.163 e. The lowest BCUT2D eigenvalue weighted by Crippen LogP contribution is -1.90. The summed E-state index contributed by atoms with van der Waals surface area (Å²) in [6.45, 7) is 2.02. The fraction of sp³-hybridized carbons (Fsp3) is 0.300. The van der Waals surface area contributed by atoms with Gasteiger partial charge in [0.1, 0.15) is 0 Å². The Kier molecular flexibility index (Phi) is 2.09. The second kappa shape index (κ2) is 3.00. The molecule has 0 aromatic heterocycles. The highest BCUT2D eigenvalue weighted by molar-refractivity contribution is 6.42. The molecule has 0 spiro atoms. The summed E-state index contributed by atoms with van der Waals surface area (Å²) in [7, 11) is 0. The molecule has 1 aromatic carbocycles. The molecule has 0 saturated carbocycles. The zero-order chi connectivity index (χ0) is 9.59. The van der Waals surface area contributed by atoms with E-state index < -0.39 is 0 Å². The number of carbonyl (C=O) groups excluding carboxylic acids is 1. The van der Waals surface area contributed by atoms with E-state index in [0.29, 0.717) is 16.5 Å². The Morgan fingerprint density at radius 2 is 1.92 bits per heavy atom. The van der Waals surface area contributed by atoms with E-state index in [1.54, 1.807) is 12.1 Å².